The molecule has 1 amide bonds. The van der Waals surface area contributed by atoms with E-state index >= 15 is 0 Å². The Balaban J connectivity index is 1.75. The lowest BCUT2D eigenvalue weighted by Crippen LogP contribution is -2.17. The molecule has 0 saturated carbocycles. The van der Waals surface area contributed by atoms with Gasteiger partial charge in [-0.15, -0.1) is 0 Å². The van der Waals surface area contributed by atoms with Crippen LogP contribution in [0.4, 0.5) is 11.6 Å². The van der Waals surface area contributed by atoms with Crippen LogP contribution in [0.15, 0.2) is 24.7 Å². The van der Waals surface area contributed by atoms with E-state index in [1.807, 2.05) is 0 Å². The Morgan fingerprint density at radius 3 is 2.95 bits per heavy atom. The molecule has 0 aliphatic heterocycles. The first-order valence-corrected chi connectivity index (χ1v) is 6.36. The van der Waals surface area contributed by atoms with Gasteiger partial charge >= 0.3 is 0 Å². The van der Waals surface area contributed by atoms with Crippen LogP contribution in [0.3, 0.4) is 0 Å². The lowest BCUT2D eigenvalue weighted by Gasteiger charge is -2.04. The standard InChI is InChI=1S/C12H10ClN7O/c13-10-9-11(17-5-16-9)20-12(19-10)18-8(21)3-7-2-1-6(14)4-15-7/h1-2,4-5H,3,14H2,(H2,16,17,18,19,20,21). The second-order valence-electron chi connectivity index (χ2n) is 4.25. The van der Waals surface area contributed by atoms with Gasteiger partial charge in [0.25, 0.3) is 0 Å². The Hall–Kier alpha value is -2.74. The van der Waals surface area contributed by atoms with Crippen LogP contribution in [-0.4, -0.2) is 30.8 Å². The largest absolute Gasteiger partial charge is 0.397 e. The highest BCUT2D eigenvalue weighted by molar-refractivity contribution is 6.33. The zero-order chi connectivity index (χ0) is 14.8. The van der Waals surface area contributed by atoms with Crippen LogP contribution < -0.4 is 11.1 Å². The SMILES string of the molecule is Nc1ccc(CC(=O)Nc2nc(Cl)c3[nH]cnc3n2)nc1. The van der Waals surface area contributed by atoms with Gasteiger partial charge in [0.2, 0.25) is 11.9 Å². The van der Waals surface area contributed by atoms with Crippen molar-refractivity contribution >= 4 is 40.3 Å². The third kappa shape index (κ3) is 2.90. The summed E-state index contributed by atoms with van der Waals surface area (Å²) >= 11 is 5.96. The van der Waals surface area contributed by atoms with Gasteiger partial charge in [-0.05, 0) is 12.1 Å². The van der Waals surface area contributed by atoms with E-state index in [1.54, 1.807) is 12.1 Å². The number of H-pyrrole nitrogens is 1. The molecule has 106 valence electrons. The summed E-state index contributed by atoms with van der Waals surface area (Å²) in [6, 6.07) is 3.36. The molecule has 3 aromatic heterocycles. The minimum atomic E-state index is -0.307. The predicted octanol–water partition coefficient (Wildman–Crippen LogP) is 1.16. The average molecular weight is 304 g/mol. The number of nitrogens with one attached hydrogen (secondary N) is 2. The number of fused-ring (bicyclic) bond motifs is 1. The first-order valence-electron chi connectivity index (χ1n) is 5.98. The normalized spacial score (nSPS) is 10.7. The van der Waals surface area contributed by atoms with Crippen molar-refractivity contribution in [1.29, 1.82) is 0 Å². The average Bonchev–Trinajstić information content (AvgIpc) is 2.90. The van der Waals surface area contributed by atoms with Gasteiger partial charge in [-0.2, -0.15) is 9.97 Å². The van der Waals surface area contributed by atoms with Crippen molar-refractivity contribution in [2.75, 3.05) is 11.1 Å². The first kappa shape index (κ1) is 13.3. The van der Waals surface area contributed by atoms with Crippen molar-refractivity contribution in [3.8, 4) is 0 Å². The number of aromatic nitrogens is 5. The molecule has 3 heterocycles. The van der Waals surface area contributed by atoms with Gasteiger partial charge in [-0.1, -0.05) is 11.6 Å². The molecule has 3 aromatic rings. The Kier molecular flexibility index (Phi) is 3.36. The topological polar surface area (TPSA) is 122 Å². The monoisotopic (exact) mass is 303 g/mol. The van der Waals surface area contributed by atoms with E-state index < -0.39 is 0 Å². The van der Waals surface area contributed by atoms with Gasteiger partial charge in [0.05, 0.1) is 24.6 Å². The zero-order valence-electron chi connectivity index (χ0n) is 10.7. The molecule has 3 rings (SSSR count). The van der Waals surface area contributed by atoms with Crippen molar-refractivity contribution in [2.45, 2.75) is 6.42 Å². The maximum absolute atomic E-state index is 11.9. The molecule has 0 atom stereocenters. The summed E-state index contributed by atoms with van der Waals surface area (Å²) < 4.78 is 0. The molecule has 0 saturated heterocycles. The summed E-state index contributed by atoms with van der Waals surface area (Å²) in [7, 11) is 0. The minimum Gasteiger partial charge on any atom is -0.397 e. The lowest BCUT2D eigenvalue weighted by molar-refractivity contribution is -0.115. The second kappa shape index (κ2) is 5.33. The lowest BCUT2D eigenvalue weighted by atomic mass is 10.2. The van der Waals surface area contributed by atoms with Crippen molar-refractivity contribution < 1.29 is 4.79 Å². The van der Waals surface area contributed by atoms with E-state index in [0.29, 0.717) is 22.5 Å². The third-order valence-corrected chi connectivity index (χ3v) is 2.96. The maximum atomic E-state index is 11.9. The van der Waals surface area contributed by atoms with Crippen molar-refractivity contribution in [2.24, 2.45) is 0 Å². The second-order valence-corrected chi connectivity index (χ2v) is 4.61. The Bertz CT molecular complexity index is 799. The van der Waals surface area contributed by atoms with Crippen molar-refractivity contribution in [3.63, 3.8) is 0 Å². The smallest absolute Gasteiger partial charge is 0.233 e. The number of amides is 1. The third-order valence-electron chi connectivity index (χ3n) is 2.68. The van der Waals surface area contributed by atoms with Gasteiger partial charge in [0, 0.05) is 5.69 Å². The molecule has 0 unspecified atom stereocenters. The van der Waals surface area contributed by atoms with Crippen molar-refractivity contribution in [3.05, 3.63) is 35.5 Å². The fourth-order valence-electron chi connectivity index (χ4n) is 1.73. The highest BCUT2D eigenvalue weighted by atomic mass is 35.5. The number of carbonyl (C=O) groups excluding carboxylic acids is 1. The number of hydrogen-bond donors (Lipinski definition) is 3. The molecule has 8 nitrogen and oxygen atoms in total. The summed E-state index contributed by atoms with van der Waals surface area (Å²) in [5, 5.41) is 2.75. The Morgan fingerprint density at radius 1 is 1.33 bits per heavy atom. The Labute approximate surface area is 123 Å². The molecule has 9 heteroatoms. The fraction of sp³-hybridized carbons (Fsp3) is 0.0833. The van der Waals surface area contributed by atoms with Gasteiger partial charge in [0.1, 0.15) is 5.52 Å². The molecule has 21 heavy (non-hydrogen) atoms. The van der Waals surface area contributed by atoms with E-state index in [2.05, 4.69) is 30.2 Å². The highest BCUT2D eigenvalue weighted by Gasteiger charge is 2.11. The number of aromatic amines is 1. The van der Waals surface area contributed by atoms with Crippen LogP contribution in [-0.2, 0) is 11.2 Å². The molecular weight excluding hydrogens is 294 g/mol. The summed E-state index contributed by atoms with van der Waals surface area (Å²) in [6.07, 6.45) is 3.03. The molecule has 0 fully saturated rings. The quantitative estimate of drug-likeness (QED) is 0.624. The predicted molar refractivity (Wildman–Crippen MR) is 77.7 cm³/mol. The number of halogens is 1. The number of carbonyl (C=O) groups is 1. The zero-order valence-corrected chi connectivity index (χ0v) is 11.4. The van der Waals surface area contributed by atoms with E-state index in [9.17, 15) is 4.79 Å². The number of hydrogen-bond acceptors (Lipinski definition) is 6. The van der Waals surface area contributed by atoms with E-state index in [4.69, 9.17) is 17.3 Å². The number of pyridine rings is 1. The molecule has 0 bridgehead atoms. The van der Waals surface area contributed by atoms with Gasteiger partial charge in [-0.25, -0.2) is 4.98 Å². The number of nitrogens with two attached hydrogens (primary N) is 1. The molecule has 0 aromatic carbocycles. The van der Waals surface area contributed by atoms with Gasteiger partial charge in [0.15, 0.2) is 10.8 Å². The highest BCUT2D eigenvalue weighted by Crippen LogP contribution is 2.18. The first-order chi connectivity index (χ1) is 10.1. The summed E-state index contributed by atoms with van der Waals surface area (Å²) in [5.41, 5.74) is 7.57. The number of imidazole rings is 1. The summed E-state index contributed by atoms with van der Waals surface area (Å²) in [6.45, 7) is 0. The van der Waals surface area contributed by atoms with Gasteiger partial charge in [-0.3, -0.25) is 15.1 Å². The summed E-state index contributed by atoms with van der Waals surface area (Å²) in [4.78, 5) is 30.8. The van der Waals surface area contributed by atoms with Crippen LogP contribution in [0.5, 0.6) is 0 Å². The van der Waals surface area contributed by atoms with Crippen LogP contribution in [0, 0.1) is 0 Å². The summed E-state index contributed by atoms with van der Waals surface area (Å²) in [5.74, 6) is -0.210. The molecular formula is C12H10ClN7O. The number of nitrogen functional groups attached to an aromatic ring is 1. The number of nitrogens with zero attached hydrogens (tertiary/aromatic N) is 4. The Morgan fingerprint density at radius 2 is 2.19 bits per heavy atom. The van der Waals surface area contributed by atoms with Crippen LogP contribution in [0.25, 0.3) is 11.2 Å². The molecule has 0 spiro atoms. The minimum absolute atomic E-state index is 0.0832. The molecule has 0 radical (unpaired) electrons. The molecule has 4 N–H and O–H groups in total. The fourth-order valence-corrected chi connectivity index (χ4v) is 1.95. The number of rotatable bonds is 3. The van der Waals surface area contributed by atoms with E-state index in [-0.39, 0.29) is 23.4 Å². The van der Waals surface area contributed by atoms with Gasteiger partial charge < -0.3 is 10.7 Å². The maximum Gasteiger partial charge on any atom is 0.233 e. The van der Waals surface area contributed by atoms with Crippen LogP contribution in [0.2, 0.25) is 5.15 Å². The van der Waals surface area contributed by atoms with Crippen LogP contribution >= 0.6 is 11.6 Å². The van der Waals surface area contributed by atoms with E-state index in [0.717, 1.165) is 0 Å². The van der Waals surface area contributed by atoms with Crippen LogP contribution in [0.1, 0.15) is 5.69 Å². The van der Waals surface area contributed by atoms with Crippen molar-refractivity contribution in [1.82, 2.24) is 24.9 Å². The van der Waals surface area contributed by atoms with E-state index in [1.165, 1.54) is 12.5 Å². The molecule has 0 aliphatic carbocycles. The molecule has 0 aliphatic rings. The number of anilines is 2.